The SMILES string of the molecule is Cc1cc(Cl)ccc1P(C)(=O)N(c1cc(C(C)(C)C)sc1C(=O)O)C(C)C. The van der Waals surface area contributed by atoms with Crippen LogP contribution in [0.1, 0.15) is 54.7 Å². The van der Waals surface area contributed by atoms with Crippen LogP contribution in [-0.4, -0.2) is 23.8 Å². The van der Waals surface area contributed by atoms with Crippen molar-refractivity contribution in [2.24, 2.45) is 0 Å². The number of carbonyl (C=O) groups is 1. The fourth-order valence-corrected chi connectivity index (χ4v) is 7.29. The van der Waals surface area contributed by atoms with Crippen molar-refractivity contribution in [1.29, 1.82) is 0 Å². The smallest absolute Gasteiger partial charge is 0.348 e. The number of anilines is 1. The number of aryl methyl sites for hydroxylation is 1. The number of nitrogens with zero attached hydrogens (tertiary/aromatic N) is 1. The van der Waals surface area contributed by atoms with Gasteiger partial charge < -0.3 is 9.78 Å². The van der Waals surface area contributed by atoms with E-state index >= 15 is 0 Å². The second-order valence-corrected chi connectivity index (χ2v) is 12.3. The van der Waals surface area contributed by atoms with Gasteiger partial charge in [0.25, 0.3) is 0 Å². The highest BCUT2D eigenvalue weighted by Gasteiger charge is 2.36. The monoisotopic (exact) mass is 427 g/mol. The first-order valence-electron chi connectivity index (χ1n) is 8.78. The maximum Gasteiger partial charge on any atom is 0.348 e. The quantitative estimate of drug-likeness (QED) is 0.581. The largest absolute Gasteiger partial charge is 0.477 e. The molecule has 0 fully saturated rings. The normalized spacial score (nSPS) is 14.3. The molecule has 4 nitrogen and oxygen atoms in total. The highest BCUT2D eigenvalue weighted by atomic mass is 35.5. The van der Waals surface area contributed by atoms with Crippen molar-refractivity contribution in [3.8, 4) is 0 Å². The van der Waals surface area contributed by atoms with Crippen LogP contribution in [0.4, 0.5) is 5.69 Å². The van der Waals surface area contributed by atoms with Crippen LogP contribution in [0, 0.1) is 6.92 Å². The van der Waals surface area contributed by atoms with E-state index in [0.717, 1.165) is 10.4 Å². The summed E-state index contributed by atoms with van der Waals surface area (Å²) in [5.41, 5.74) is 1.17. The zero-order valence-electron chi connectivity index (χ0n) is 16.8. The molecule has 0 aliphatic rings. The summed E-state index contributed by atoms with van der Waals surface area (Å²) in [5.74, 6) is -0.996. The minimum absolute atomic E-state index is 0.142. The lowest BCUT2D eigenvalue weighted by Crippen LogP contribution is -2.33. The van der Waals surface area contributed by atoms with Gasteiger partial charge in [0.2, 0.25) is 0 Å². The van der Waals surface area contributed by atoms with Gasteiger partial charge in [-0.1, -0.05) is 32.4 Å². The Kier molecular flexibility index (Phi) is 6.21. The maximum absolute atomic E-state index is 14.0. The summed E-state index contributed by atoms with van der Waals surface area (Å²) in [7, 11) is -3.08. The highest BCUT2D eigenvalue weighted by Crippen LogP contribution is 2.53. The molecule has 27 heavy (non-hydrogen) atoms. The number of hydrogen-bond acceptors (Lipinski definition) is 3. The molecule has 0 amide bonds. The summed E-state index contributed by atoms with van der Waals surface area (Å²) < 4.78 is 15.8. The number of halogens is 1. The van der Waals surface area contributed by atoms with Crippen LogP contribution in [0.2, 0.25) is 5.02 Å². The Bertz CT molecular complexity index is 914. The second-order valence-electron chi connectivity index (χ2n) is 8.13. The minimum Gasteiger partial charge on any atom is -0.477 e. The van der Waals surface area contributed by atoms with Gasteiger partial charge in [-0.2, -0.15) is 0 Å². The van der Waals surface area contributed by atoms with Crippen molar-refractivity contribution in [3.63, 3.8) is 0 Å². The summed E-state index contributed by atoms with van der Waals surface area (Å²) in [4.78, 5) is 13.1. The first kappa shape index (κ1) is 22.0. The predicted octanol–water partition coefficient (Wildman–Crippen LogP) is 6.15. The molecule has 0 saturated heterocycles. The van der Waals surface area contributed by atoms with Gasteiger partial charge in [-0.25, -0.2) is 4.79 Å². The van der Waals surface area contributed by atoms with Crippen LogP contribution in [0.3, 0.4) is 0 Å². The predicted molar refractivity (Wildman–Crippen MR) is 117 cm³/mol. The van der Waals surface area contributed by atoms with Crippen molar-refractivity contribution in [3.05, 3.63) is 44.6 Å². The molecule has 1 heterocycles. The van der Waals surface area contributed by atoms with Gasteiger partial charge in [-0.3, -0.25) is 4.57 Å². The third-order valence-corrected chi connectivity index (χ3v) is 9.07. The Labute approximate surface area is 170 Å². The van der Waals surface area contributed by atoms with Crippen molar-refractivity contribution in [2.45, 2.75) is 53.0 Å². The van der Waals surface area contributed by atoms with E-state index in [9.17, 15) is 14.5 Å². The van der Waals surface area contributed by atoms with Gasteiger partial charge in [0, 0.05) is 27.9 Å². The molecule has 1 aromatic heterocycles. The van der Waals surface area contributed by atoms with Gasteiger partial charge in [0.1, 0.15) is 4.88 Å². The molecular weight excluding hydrogens is 401 g/mol. The molecule has 0 saturated carbocycles. The average molecular weight is 428 g/mol. The number of thiophene rings is 1. The lowest BCUT2D eigenvalue weighted by Gasteiger charge is -2.35. The Balaban J connectivity index is 2.73. The summed E-state index contributed by atoms with van der Waals surface area (Å²) in [6.07, 6.45) is 0. The van der Waals surface area contributed by atoms with E-state index in [2.05, 4.69) is 0 Å². The topological polar surface area (TPSA) is 57.6 Å². The fraction of sp³-hybridized carbons (Fsp3) is 0.450. The molecule has 1 N–H and O–H groups in total. The Morgan fingerprint density at radius 1 is 1.26 bits per heavy atom. The fourth-order valence-electron chi connectivity index (χ4n) is 3.20. The van der Waals surface area contributed by atoms with Gasteiger partial charge in [-0.15, -0.1) is 11.3 Å². The Hall–Kier alpha value is -1.29. The van der Waals surface area contributed by atoms with E-state index in [4.69, 9.17) is 11.6 Å². The van der Waals surface area contributed by atoms with Crippen LogP contribution in [0.25, 0.3) is 0 Å². The molecule has 1 atom stereocenters. The first-order chi connectivity index (χ1) is 12.3. The van der Waals surface area contributed by atoms with Crippen LogP contribution in [0.15, 0.2) is 24.3 Å². The second kappa shape index (κ2) is 7.62. The number of carboxylic acids is 1. The van der Waals surface area contributed by atoms with E-state index in [1.54, 1.807) is 29.5 Å². The van der Waals surface area contributed by atoms with Crippen molar-refractivity contribution < 1.29 is 14.5 Å². The van der Waals surface area contributed by atoms with Crippen LogP contribution >= 0.6 is 30.2 Å². The van der Waals surface area contributed by atoms with E-state index < -0.39 is 13.3 Å². The van der Waals surface area contributed by atoms with E-state index in [0.29, 0.717) is 16.0 Å². The molecule has 0 spiro atoms. The van der Waals surface area contributed by atoms with Gasteiger partial charge in [0.15, 0.2) is 7.29 Å². The van der Waals surface area contributed by atoms with Crippen LogP contribution in [0.5, 0.6) is 0 Å². The van der Waals surface area contributed by atoms with Crippen LogP contribution < -0.4 is 9.97 Å². The van der Waals surface area contributed by atoms with E-state index in [-0.39, 0.29) is 16.3 Å². The van der Waals surface area contributed by atoms with Gasteiger partial charge in [0.05, 0.1) is 5.69 Å². The molecule has 0 aliphatic carbocycles. The van der Waals surface area contributed by atoms with Crippen molar-refractivity contribution in [2.75, 3.05) is 11.3 Å². The molecule has 7 heteroatoms. The Morgan fingerprint density at radius 3 is 2.30 bits per heavy atom. The van der Waals surface area contributed by atoms with E-state index in [1.165, 1.54) is 11.3 Å². The summed E-state index contributed by atoms with van der Waals surface area (Å²) >= 11 is 7.32. The third-order valence-electron chi connectivity index (χ3n) is 4.40. The lowest BCUT2D eigenvalue weighted by molar-refractivity contribution is 0.0703. The molecule has 0 aliphatic heterocycles. The summed E-state index contributed by atoms with van der Waals surface area (Å²) in [6.45, 7) is 13.6. The maximum atomic E-state index is 14.0. The van der Waals surface area contributed by atoms with Gasteiger partial charge in [-0.05, 0) is 56.0 Å². The molecule has 0 radical (unpaired) electrons. The standard InChI is InChI=1S/C20H27ClNO3PS/c1-12(2)22(26(7,25)16-9-8-14(21)10-13(16)3)15-11-17(20(4,5)6)27-18(15)19(23)24/h8-12H,1-7H3,(H,23,24). The van der Waals surface area contributed by atoms with Crippen LogP contribution in [-0.2, 0) is 9.98 Å². The molecule has 148 valence electrons. The molecular formula is C20H27ClNO3PS. The molecule has 1 aromatic carbocycles. The third kappa shape index (κ3) is 4.42. The number of rotatable bonds is 5. The zero-order valence-corrected chi connectivity index (χ0v) is 19.3. The number of carboxylic acid groups (broad SMARTS) is 1. The van der Waals surface area contributed by atoms with Crippen molar-refractivity contribution in [1.82, 2.24) is 0 Å². The summed E-state index contributed by atoms with van der Waals surface area (Å²) in [5, 5.41) is 11.1. The number of benzene rings is 1. The molecule has 0 bridgehead atoms. The number of aromatic carboxylic acids is 1. The Morgan fingerprint density at radius 2 is 1.85 bits per heavy atom. The average Bonchev–Trinajstić information content (AvgIpc) is 2.90. The van der Waals surface area contributed by atoms with Crippen molar-refractivity contribution >= 4 is 47.2 Å². The zero-order chi connectivity index (χ0) is 20.7. The molecule has 2 aromatic rings. The highest BCUT2D eigenvalue weighted by molar-refractivity contribution is 7.72. The molecule has 1 unspecified atom stereocenters. The lowest BCUT2D eigenvalue weighted by atomic mass is 9.94. The van der Waals surface area contributed by atoms with Gasteiger partial charge >= 0.3 is 5.97 Å². The first-order valence-corrected chi connectivity index (χ1v) is 12.1. The summed E-state index contributed by atoms with van der Waals surface area (Å²) in [6, 6.07) is 7.04. The molecule has 2 rings (SSSR count). The minimum atomic E-state index is -3.08. The number of hydrogen-bond donors (Lipinski definition) is 1. The van der Waals surface area contributed by atoms with E-state index in [1.807, 2.05) is 47.6 Å².